The van der Waals surface area contributed by atoms with Crippen LogP contribution >= 0.6 is 0 Å². The molecule has 2 aromatic rings. The maximum Gasteiger partial charge on any atom is 0.228 e. The van der Waals surface area contributed by atoms with Gasteiger partial charge in [-0.05, 0) is 50.7 Å². The highest BCUT2D eigenvalue weighted by atomic mass is 16.5. The van der Waals surface area contributed by atoms with Crippen LogP contribution in [0, 0.1) is 5.92 Å². The van der Waals surface area contributed by atoms with E-state index in [0.29, 0.717) is 5.75 Å². The van der Waals surface area contributed by atoms with Gasteiger partial charge in [0.15, 0.2) is 5.75 Å². The minimum atomic E-state index is 0.0403. The van der Waals surface area contributed by atoms with Crippen molar-refractivity contribution < 1.29 is 9.53 Å². The molecule has 0 spiro atoms. The van der Waals surface area contributed by atoms with Gasteiger partial charge in [-0.1, -0.05) is 30.3 Å². The number of hydrogen-bond acceptors (Lipinski definition) is 3. The Morgan fingerprint density at radius 1 is 1.13 bits per heavy atom. The first-order valence-electron chi connectivity index (χ1n) is 8.04. The van der Waals surface area contributed by atoms with Crippen molar-refractivity contribution in [2.75, 3.05) is 25.5 Å². The Morgan fingerprint density at radius 3 is 2.65 bits per heavy atom. The SMILES string of the molecule is CN1CCCC(C(=O)Nc2ccccc2Oc2ccccc2)C1. The molecule has 2 aromatic carbocycles. The topological polar surface area (TPSA) is 41.6 Å². The predicted molar refractivity (Wildman–Crippen MR) is 91.8 cm³/mol. The lowest BCUT2D eigenvalue weighted by Crippen LogP contribution is -2.38. The van der Waals surface area contributed by atoms with Gasteiger partial charge in [-0.25, -0.2) is 0 Å². The van der Waals surface area contributed by atoms with E-state index in [1.54, 1.807) is 0 Å². The summed E-state index contributed by atoms with van der Waals surface area (Å²) in [5.74, 6) is 1.53. The molecule has 1 saturated heterocycles. The van der Waals surface area contributed by atoms with Crippen molar-refractivity contribution in [2.24, 2.45) is 5.92 Å². The first-order valence-corrected chi connectivity index (χ1v) is 8.04. The van der Waals surface area contributed by atoms with Gasteiger partial charge in [-0.2, -0.15) is 0 Å². The molecule has 1 unspecified atom stereocenters. The van der Waals surface area contributed by atoms with Crippen LogP contribution in [0.4, 0.5) is 5.69 Å². The van der Waals surface area contributed by atoms with E-state index < -0.39 is 0 Å². The third-order valence-electron chi connectivity index (χ3n) is 4.11. The lowest BCUT2D eigenvalue weighted by Gasteiger charge is -2.28. The highest BCUT2D eigenvalue weighted by molar-refractivity contribution is 5.94. The molecule has 1 atom stereocenters. The molecule has 1 aliphatic rings. The van der Waals surface area contributed by atoms with Gasteiger partial charge >= 0.3 is 0 Å². The van der Waals surface area contributed by atoms with Gasteiger partial charge in [0.1, 0.15) is 5.75 Å². The molecule has 1 aliphatic heterocycles. The molecule has 23 heavy (non-hydrogen) atoms. The fourth-order valence-electron chi connectivity index (χ4n) is 2.89. The number of ether oxygens (including phenoxy) is 1. The third kappa shape index (κ3) is 4.11. The summed E-state index contributed by atoms with van der Waals surface area (Å²) in [5, 5.41) is 3.03. The van der Waals surface area contributed by atoms with Gasteiger partial charge < -0.3 is 15.0 Å². The number of anilines is 1. The van der Waals surface area contributed by atoms with Gasteiger partial charge in [0.25, 0.3) is 0 Å². The van der Waals surface area contributed by atoms with Crippen LogP contribution in [-0.2, 0) is 4.79 Å². The summed E-state index contributed by atoms with van der Waals surface area (Å²) in [6.45, 7) is 1.88. The molecule has 0 saturated carbocycles. The first kappa shape index (κ1) is 15.6. The monoisotopic (exact) mass is 310 g/mol. The van der Waals surface area contributed by atoms with Crippen molar-refractivity contribution in [3.63, 3.8) is 0 Å². The molecular formula is C19H22N2O2. The molecule has 1 N–H and O–H groups in total. The van der Waals surface area contributed by atoms with Crippen LogP contribution in [-0.4, -0.2) is 30.9 Å². The smallest absolute Gasteiger partial charge is 0.228 e. The van der Waals surface area contributed by atoms with Crippen molar-refractivity contribution in [1.29, 1.82) is 0 Å². The number of rotatable bonds is 4. The largest absolute Gasteiger partial charge is 0.455 e. The first-order chi connectivity index (χ1) is 11.2. The molecule has 3 rings (SSSR count). The quantitative estimate of drug-likeness (QED) is 0.935. The Labute approximate surface area is 137 Å². The second-order valence-corrected chi connectivity index (χ2v) is 6.00. The minimum Gasteiger partial charge on any atom is -0.455 e. The van der Waals surface area contributed by atoms with Crippen molar-refractivity contribution in [3.8, 4) is 11.5 Å². The molecule has 1 heterocycles. The maximum absolute atomic E-state index is 12.5. The summed E-state index contributed by atoms with van der Waals surface area (Å²) in [7, 11) is 2.06. The summed E-state index contributed by atoms with van der Waals surface area (Å²) in [4.78, 5) is 14.7. The number of carbonyl (C=O) groups excluding carboxylic acids is 1. The van der Waals surface area contributed by atoms with Gasteiger partial charge in [0.05, 0.1) is 11.6 Å². The Morgan fingerprint density at radius 2 is 1.87 bits per heavy atom. The van der Waals surface area contributed by atoms with E-state index in [1.165, 1.54) is 0 Å². The number of nitrogens with one attached hydrogen (secondary N) is 1. The zero-order valence-corrected chi connectivity index (χ0v) is 13.4. The number of benzene rings is 2. The lowest BCUT2D eigenvalue weighted by molar-refractivity contribution is -0.121. The lowest BCUT2D eigenvalue weighted by atomic mass is 9.97. The average Bonchev–Trinajstić information content (AvgIpc) is 2.57. The summed E-state index contributed by atoms with van der Waals surface area (Å²) in [5.41, 5.74) is 0.717. The van der Waals surface area contributed by atoms with E-state index in [0.717, 1.165) is 37.4 Å². The van der Waals surface area contributed by atoms with Crippen molar-refractivity contribution in [1.82, 2.24) is 4.90 Å². The van der Waals surface area contributed by atoms with Gasteiger partial charge in [0.2, 0.25) is 5.91 Å². The predicted octanol–water partition coefficient (Wildman–Crippen LogP) is 3.76. The van der Waals surface area contributed by atoms with Crippen LogP contribution in [0.25, 0.3) is 0 Å². The van der Waals surface area contributed by atoms with Gasteiger partial charge in [-0.3, -0.25) is 4.79 Å². The zero-order chi connectivity index (χ0) is 16.1. The van der Waals surface area contributed by atoms with Crippen LogP contribution in [0.2, 0.25) is 0 Å². The number of para-hydroxylation sites is 3. The fraction of sp³-hybridized carbons (Fsp3) is 0.316. The van der Waals surface area contributed by atoms with E-state index in [4.69, 9.17) is 4.74 Å². The van der Waals surface area contributed by atoms with Crippen LogP contribution < -0.4 is 10.1 Å². The van der Waals surface area contributed by atoms with E-state index >= 15 is 0 Å². The molecule has 4 heteroatoms. The molecule has 1 amide bonds. The molecule has 0 bridgehead atoms. The highest BCUT2D eigenvalue weighted by Gasteiger charge is 2.24. The standard InChI is InChI=1S/C19H22N2O2/c1-21-13-7-8-15(14-21)19(22)20-17-11-5-6-12-18(17)23-16-9-3-2-4-10-16/h2-6,9-12,15H,7-8,13-14H2,1H3,(H,20,22). The summed E-state index contributed by atoms with van der Waals surface area (Å²) in [6.07, 6.45) is 2.01. The highest BCUT2D eigenvalue weighted by Crippen LogP contribution is 2.30. The molecule has 120 valence electrons. The second-order valence-electron chi connectivity index (χ2n) is 6.00. The number of nitrogens with zero attached hydrogens (tertiary/aromatic N) is 1. The average molecular weight is 310 g/mol. The van der Waals surface area contributed by atoms with E-state index in [1.807, 2.05) is 54.6 Å². The van der Waals surface area contributed by atoms with Crippen LogP contribution in [0.3, 0.4) is 0 Å². The van der Waals surface area contributed by atoms with Crippen molar-refractivity contribution >= 4 is 11.6 Å². The van der Waals surface area contributed by atoms with Crippen LogP contribution in [0.5, 0.6) is 11.5 Å². The summed E-state index contributed by atoms with van der Waals surface area (Å²) < 4.78 is 5.89. The zero-order valence-electron chi connectivity index (χ0n) is 13.4. The number of piperidine rings is 1. The van der Waals surface area contributed by atoms with Crippen LogP contribution in [0.1, 0.15) is 12.8 Å². The number of hydrogen-bond donors (Lipinski definition) is 1. The van der Waals surface area contributed by atoms with Crippen molar-refractivity contribution in [2.45, 2.75) is 12.8 Å². The summed E-state index contributed by atoms with van der Waals surface area (Å²) in [6, 6.07) is 17.1. The Bertz CT molecular complexity index is 657. The van der Waals surface area contributed by atoms with E-state index in [-0.39, 0.29) is 11.8 Å². The van der Waals surface area contributed by atoms with Gasteiger partial charge in [0, 0.05) is 6.54 Å². The summed E-state index contributed by atoms with van der Waals surface area (Å²) >= 11 is 0. The molecule has 1 fully saturated rings. The van der Waals surface area contributed by atoms with Gasteiger partial charge in [-0.15, -0.1) is 0 Å². The number of amides is 1. The van der Waals surface area contributed by atoms with E-state index in [2.05, 4.69) is 17.3 Å². The second kappa shape index (κ2) is 7.29. The van der Waals surface area contributed by atoms with E-state index in [9.17, 15) is 4.79 Å². The Kier molecular flexibility index (Phi) is 4.93. The Hall–Kier alpha value is -2.33. The molecule has 0 aromatic heterocycles. The number of likely N-dealkylation sites (tertiary alicyclic amines) is 1. The fourth-order valence-corrected chi connectivity index (χ4v) is 2.89. The molecule has 4 nitrogen and oxygen atoms in total. The molecule has 0 radical (unpaired) electrons. The maximum atomic E-state index is 12.5. The van der Waals surface area contributed by atoms with Crippen molar-refractivity contribution in [3.05, 3.63) is 54.6 Å². The normalized spacial score (nSPS) is 18.4. The van der Waals surface area contributed by atoms with Crippen LogP contribution in [0.15, 0.2) is 54.6 Å². The molecule has 0 aliphatic carbocycles. The minimum absolute atomic E-state index is 0.0403. The Balaban J connectivity index is 1.71. The number of carbonyl (C=O) groups is 1. The third-order valence-corrected chi connectivity index (χ3v) is 4.11. The molecular weight excluding hydrogens is 288 g/mol.